The van der Waals surface area contributed by atoms with Crippen molar-refractivity contribution in [1.29, 1.82) is 5.26 Å². The van der Waals surface area contributed by atoms with Crippen LogP contribution in [0.5, 0.6) is 5.75 Å². The zero-order valence-electron chi connectivity index (χ0n) is 10.8. The van der Waals surface area contributed by atoms with E-state index >= 15 is 0 Å². The van der Waals surface area contributed by atoms with Crippen LogP contribution < -0.4 is 4.74 Å². The Balaban J connectivity index is 2.62. The molecular formula is C15H12N2O3. The number of rotatable bonds is 4. The SMILES string of the molecule is COc1ccccc1-c1cnc(CC#N)cc1C(=O)O. The summed E-state index contributed by atoms with van der Waals surface area (Å²) < 4.78 is 5.24. The van der Waals surface area contributed by atoms with Crippen LogP contribution in [0, 0.1) is 11.3 Å². The molecule has 0 aliphatic rings. The lowest BCUT2D eigenvalue weighted by molar-refractivity contribution is 0.0697. The molecule has 20 heavy (non-hydrogen) atoms. The number of pyridine rings is 1. The van der Waals surface area contributed by atoms with Crippen LogP contribution in [0.3, 0.4) is 0 Å². The molecule has 100 valence electrons. The van der Waals surface area contributed by atoms with Gasteiger partial charge in [0.1, 0.15) is 5.75 Å². The summed E-state index contributed by atoms with van der Waals surface area (Å²) in [7, 11) is 1.52. The van der Waals surface area contributed by atoms with Gasteiger partial charge in [-0.15, -0.1) is 0 Å². The van der Waals surface area contributed by atoms with E-state index in [2.05, 4.69) is 4.98 Å². The van der Waals surface area contributed by atoms with Gasteiger partial charge in [0.15, 0.2) is 0 Å². The van der Waals surface area contributed by atoms with E-state index in [1.807, 2.05) is 6.07 Å². The summed E-state index contributed by atoms with van der Waals surface area (Å²) in [6.07, 6.45) is 1.54. The van der Waals surface area contributed by atoms with Crippen molar-refractivity contribution < 1.29 is 14.6 Å². The first-order valence-corrected chi connectivity index (χ1v) is 5.90. The number of hydrogen-bond acceptors (Lipinski definition) is 4. The van der Waals surface area contributed by atoms with Gasteiger partial charge >= 0.3 is 5.97 Å². The average Bonchev–Trinajstić information content (AvgIpc) is 2.47. The van der Waals surface area contributed by atoms with Crippen LogP contribution >= 0.6 is 0 Å². The Morgan fingerprint density at radius 2 is 2.15 bits per heavy atom. The first kappa shape index (κ1) is 13.6. The van der Waals surface area contributed by atoms with Crippen LogP contribution in [-0.2, 0) is 6.42 Å². The first-order valence-electron chi connectivity index (χ1n) is 5.90. The Bertz CT molecular complexity index is 690. The molecule has 0 aliphatic heterocycles. The number of nitrogens with zero attached hydrogens (tertiary/aromatic N) is 2. The van der Waals surface area contributed by atoms with E-state index in [1.165, 1.54) is 19.4 Å². The Hall–Kier alpha value is -2.87. The summed E-state index contributed by atoms with van der Waals surface area (Å²) in [5, 5.41) is 18.0. The van der Waals surface area contributed by atoms with E-state index in [4.69, 9.17) is 10.00 Å². The Labute approximate surface area is 116 Å². The van der Waals surface area contributed by atoms with Gasteiger partial charge in [0.05, 0.1) is 30.9 Å². The number of aromatic nitrogens is 1. The number of carbonyl (C=O) groups is 1. The molecule has 1 aromatic heterocycles. The van der Waals surface area contributed by atoms with E-state index in [1.54, 1.807) is 24.3 Å². The van der Waals surface area contributed by atoms with Crippen molar-refractivity contribution in [2.45, 2.75) is 6.42 Å². The summed E-state index contributed by atoms with van der Waals surface area (Å²) in [5.41, 5.74) is 1.67. The lowest BCUT2D eigenvalue weighted by Crippen LogP contribution is -2.03. The highest BCUT2D eigenvalue weighted by atomic mass is 16.5. The number of ether oxygens (including phenoxy) is 1. The molecule has 0 bridgehead atoms. The highest BCUT2D eigenvalue weighted by molar-refractivity contribution is 5.96. The van der Waals surface area contributed by atoms with Gasteiger partial charge in [-0.2, -0.15) is 5.26 Å². The normalized spacial score (nSPS) is 9.80. The summed E-state index contributed by atoms with van der Waals surface area (Å²) in [4.78, 5) is 15.5. The van der Waals surface area contributed by atoms with Gasteiger partial charge in [-0.1, -0.05) is 18.2 Å². The standard InChI is InChI=1S/C15H12N2O3/c1-20-14-5-3-2-4-11(14)13-9-17-10(6-7-16)8-12(13)15(18)19/h2-5,8-9H,6H2,1H3,(H,18,19). The molecule has 1 N–H and O–H groups in total. The molecule has 1 aromatic carbocycles. The summed E-state index contributed by atoms with van der Waals surface area (Å²) in [5.74, 6) is -0.489. The largest absolute Gasteiger partial charge is 0.496 e. The number of nitriles is 1. The second-order valence-corrected chi connectivity index (χ2v) is 4.06. The quantitative estimate of drug-likeness (QED) is 0.921. The van der Waals surface area contributed by atoms with Crippen molar-refractivity contribution in [2.75, 3.05) is 7.11 Å². The summed E-state index contributed by atoms with van der Waals surface area (Å²) >= 11 is 0. The van der Waals surface area contributed by atoms with E-state index in [9.17, 15) is 9.90 Å². The molecule has 5 nitrogen and oxygen atoms in total. The van der Waals surface area contributed by atoms with Crippen molar-refractivity contribution in [3.8, 4) is 22.9 Å². The van der Waals surface area contributed by atoms with E-state index in [0.717, 1.165) is 0 Å². The number of benzene rings is 1. The third kappa shape index (κ3) is 2.59. The van der Waals surface area contributed by atoms with E-state index in [0.29, 0.717) is 22.6 Å². The smallest absolute Gasteiger partial charge is 0.336 e. The molecule has 0 unspecified atom stereocenters. The average molecular weight is 268 g/mol. The fourth-order valence-corrected chi connectivity index (χ4v) is 1.94. The second kappa shape index (κ2) is 5.85. The predicted octanol–water partition coefficient (Wildman–Crippen LogP) is 2.52. The number of carboxylic acids is 1. The highest BCUT2D eigenvalue weighted by Gasteiger charge is 2.16. The van der Waals surface area contributed by atoms with Crippen LogP contribution in [0.25, 0.3) is 11.1 Å². The molecule has 0 saturated heterocycles. The molecule has 0 radical (unpaired) electrons. The molecule has 0 fully saturated rings. The minimum Gasteiger partial charge on any atom is -0.496 e. The lowest BCUT2D eigenvalue weighted by Gasteiger charge is -2.11. The fourth-order valence-electron chi connectivity index (χ4n) is 1.94. The fraction of sp³-hybridized carbons (Fsp3) is 0.133. The minimum atomic E-state index is -1.06. The molecular weight excluding hydrogens is 256 g/mol. The van der Waals surface area contributed by atoms with Gasteiger partial charge in [0.25, 0.3) is 0 Å². The van der Waals surface area contributed by atoms with Gasteiger partial charge in [0.2, 0.25) is 0 Å². The molecule has 5 heteroatoms. The zero-order valence-corrected chi connectivity index (χ0v) is 10.8. The maximum Gasteiger partial charge on any atom is 0.336 e. The summed E-state index contributed by atoms with van der Waals surface area (Å²) in [6, 6.07) is 10.5. The number of carboxylic acid groups (broad SMARTS) is 1. The zero-order chi connectivity index (χ0) is 14.5. The lowest BCUT2D eigenvalue weighted by atomic mass is 10.00. The maximum atomic E-state index is 11.4. The first-order chi connectivity index (χ1) is 9.67. The monoisotopic (exact) mass is 268 g/mol. The number of para-hydroxylation sites is 1. The topological polar surface area (TPSA) is 83.2 Å². The summed E-state index contributed by atoms with van der Waals surface area (Å²) in [6.45, 7) is 0. The molecule has 0 atom stereocenters. The van der Waals surface area contributed by atoms with Crippen LogP contribution in [0.1, 0.15) is 16.1 Å². The van der Waals surface area contributed by atoms with Crippen molar-refractivity contribution in [1.82, 2.24) is 4.98 Å². The molecule has 2 aromatic rings. The predicted molar refractivity (Wildman–Crippen MR) is 72.5 cm³/mol. The number of methoxy groups -OCH3 is 1. The molecule has 2 rings (SSSR count). The highest BCUT2D eigenvalue weighted by Crippen LogP contribution is 2.32. The molecule has 1 heterocycles. The molecule has 0 saturated carbocycles. The molecule has 0 aliphatic carbocycles. The van der Waals surface area contributed by atoms with Gasteiger partial charge in [-0.3, -0.25) is 4.98 Å². The van der Waals surface area contributed by atoms with E-state index < -0.39 is 5.97 Å². The third-order valence-electron chi connectivity index (χ3n) is 2.85. The number of aromatic carboxylic acids is 1. The Morgan fingerprint density at radius 1 is 1.40 bits per heavy atom. The van der Waals surface area contributed by atoms with Crippen molar-refractivity contribution in [3.05, 3.63) is 47.8 Å². The second-order valence-electron chi connectivity index (χ2n) is 4.06. The van der Waals surface area contributed by atoms with Crippen LogP contribution in [-0.4, -0.2) is 23.2 Å². The Morgan fingerprint density at radius 3 is 2.80 bits per heavy atom. The van der Waals surface area contributed by atoms with Crippen molar-refractivity contribution in [3.63, 3.8) is 0 Å². The van der Waals surface area contributed by atoms with E-state index in [-0.39, 0.29) is 12.0 Å². The van der Waals surface area contributed by atoms with Crippen molar-refractivity contribution in [2.24, 2.45) is 0 Å². The van der Waals surface area contributed by atoms with Crippen molar-refractivity contribution >= 4 is 5.97 Å². The van der Waals surface area contributed by atoms with Gasteiger partial charge in [-0.25, -0.2) is 4.79 Å². The van der Waals surface area contributed by atoms with Gasteiger partial charge < -0.3 is 9.84 Å². The van der Waals surface area contributed by atoms with Gasteiger partial charge in [0, 0.05) is 17.3 Å². The van der Waals surface area contributed by atoms with Crippen LogP contribution in [0.2, 0.25) is 0 Å². The van der Waals surface area contributed by atoms with Gasteiger partial charge in [-0.05, 0) is 12.1 Å². The van der Waals surface area contributed by atoms with Crippen LogP contribution in [0.4, 0.5) is 0 Å². The van der Waals surface area contributed by atoms with Crippen LogP contribution in [0.15, 0.2) is 36.5 Å². The third-order valence-corrected chi connectivity index (χ3v) is 2.85. The molecule has 0 spiro atoms. The number of hydrogen-bond donors (Lipinski definition) is 1. The maximum absolute atomic E-state index is 11.4. The Kier molecular flexibility index (Phi) is 3.96. The minimum absolute atomic E-state index is 0.0759. The molecule has 0 amide bonds.